The molecule has 2 aromatic rings. The Morgan fingerprint density at radius 2 is 1.83 bits per heavy atom. The summed E-state index contributed by atoms with van der Waals surface area (Å²) in [5.41, 5.74) is 0.245. The molecule has 1 saturated heterocycles. The number of carbonyl (C=O) groups excluding carboxylic acids is 1. The smallest absolute Gasteiger partial charge is 0.305 e. The summed E-state index contributed by atoms with van der Waals surface area (Å²) in [5.74, 6) is 0.954. The predicted molar refractivity (Wildman–Crippen MR) is 105 cm³/mol. The molecule has 1 fully saturated rings. The maximum atomic E-state index is 12.8. The molecule has 12 heteroatoms. The summed E-state index contributed by atoms with van der Waals surface area (Å²) in [7, 11) is -3.54. The number of rotatable bonds is 4. The molecular weight excluding hydrogens is 422 g/mol. The number of thiophene rings is 1. The maximum Gasteiger partial charge on any atom is 0.305 e. The number of sulfone groups is 1. The van der Waals surface area contributed by atoms with Crippen LogP contribution in [0.3, 0.4) is 0 Å². The lowest BCUT2D eigenvalue weighted by atomic mass is 10.1. The maximum absolute atomic E-state index is 12.8. The van der Waals surface area contributed by atoms with Crippen molar-refractivity contribution < 1.29 is 27.6 Å². The van der Waals surface area contributed by atoms with Crippen LogP contribution in [0, 0.1) is 10.1 Å². The minimum absolute atomic E-state index is 0.0435. The number of benzene rings is 1. The van der Waals surface area contributed by atoms with Crippen molar-refractivity contribution in [1.82, 2.24) is 4.90 Å². The number of hydrogen-bond acceptors (Lipinski definition) is 9. The average molecular weight is 439 g/mol. The summed E-state index contributed by atoms with van der Waals surface area (Å²) in [6.07, 6.45) is 1.02. The quantitative estimate of drug-likeness (QED) is 0.522. The van der Waals surface area contributed by atoms with E-state index in [1.165, 1.54) is 0 Å². The summed E-state index contributed by atoms with van der Waals surface area (Å²) >= 11 is 0.883. The van der Waals surface area contributed by atoms with E-state index in [1.807, 2.05) is 0 Å². The van der Waals surface area contributed by atoms with Gasteiger partial charge < -0.3 is 19.3 Å². The molecule has 10 nitrogen and oxygen atoms in total. The first kappa shape index (κ1) is 19.5. The van der Waals surface area contributed by atoms with Crippen molar-refractivity contribution in [3.63, 3.8) is 0 Å². The lowest BCUT2D eigenvalue weighted by molar-refractivity contribution is -0.383. The van der Waals surface area contributed by atoms with Gasteiger partial charge in [0.05, 0.1) is 4.92 Å². The van der Waals surface area contributed by atoms with Crippen LogP contribution < -0.4 is 14.4 Å². The van der Waals surface area contributed by atoms with E-state index in [-0.39, 0.29) is 22.6 Å². The van der Waals surface area contributed by atoms with Gasteiger partial charge in [-0.1, -0.05) is 11.3 Å². The highest BCUT2D eigenvalue weighted by molar-refractivity contribution is 7.92. The zero-order valence-electron chi connectivity index (χ0n) is 15.4. The monoisotopic (exact) mass is 439 g/mol. The van der Waals surface area contributed by atoms with Gasteiger partial charge in [0.1, 0.15) is 4.21 Å². The zero-order valence-corrected chi connectivity index (χ0v) is 17.0. The van der Waals surface area contributed by atoms with Gasteiger partial charge >= 0.3 is 5.69 Å². The van der Waals surface area contributed by atoms with Gasteiger partial charge in [0.2, 0.25) is 6.79 Å². The van der Waals surface area contributed by atoms with Crippen molar-refractivity contribution in [2.24, 2.45) is 0 Å². The molecule has 2 aliphatic heterocycles. The van der Waals surface area contributed by atoms with E-state index in [9.17, 15) is 23.3 Å². The highest BCUT2D eigenvalue weighted by atomic mass is 32.2. The minimum Gasteiger partial charge on any atom is -0.454 e. The summed E-state index contributed by atoms with van der Waals surface area (Å²) in [6, 6.07) is 6.09. The summed E-state index contributed by atoms with van der Waals surface area (Å²) in [5, 5.41) is 11.7. The van der Waals surface area contributed by atoms with Gasteiger partial charge in [-0.25, -0.2) is 8.42 Å². The second-order valence-electron chi connectivity index (χ2n) is 6.63. The molecule has 1 aromatic carbocycles. The van der Waals surface area contributed by atoms with Crippen LogP contribution in [0.5, 0.6) is 11.5 Å². The van der Waals surface area contributed by atoms with Gasteiger partial charge in [0.25, 0.3) is 5.91 Å². The molecule has 0 atom stereocenters. The molecule has 29 heavy (non-hydrogen) atoms. The number of amides is 1. The molecule has 0 bridgehead atoms. The Morgan fingerprint density at radius 1 is 1.14 bits per heavy atom. The number of piperazine rings is 1. The molecule has 0 N–H and O–H groups in total. The molecule has 0 unspecified atom stereocenters. The van der Waals surface area contributed by atoms with Crippen LogP contribution in [0.25, 0.3) is 0 Å². The van der Waals surface area contributed by atoms with E-state index >= 15 is 0 Å². The zero-order chi connectivity index (χ0) is 20.8. The van der Waals surface area contributed by atoms with Crippen LogP contribution in [0.4, 0.5) is 10.7 Å². The summed E-state index contributed by atoms with van der Waals surface area (Å²) in [4.78, 5) is 27.0. The van der Waals surface area contributed by atoms with E-state index in [2.05, 4.69) is 0 Å². The van der Waals surface area contributed by atoms with Gasteiger partial charge in [0.15, 0.2) is 26.3 Å². The highest BCUT2D eigenvalue weighted by Gasteiger charge is 2.31. The van der Waals surface area contributed by atoms with Gasteiger partial charge in [-0.15, -0.1) is 0 Å². The van der Waals surface area contributed by atoms with Crippen LogP contribution in [0.2, 0.25) is 0 Å². The minimum atomic E-state index is -3.54. The topological polar surface area (TPSA) is 119 Å². The average Bonchev–Trinajstić information content (AvgIpc) is 3.33. The Kier molecular flexibility index (Phi) is 4.82. The number of carbonyl (C=O) groups is 1. The third-order valence-corrected chi connectivity index (χ3v) is 7.69. The number of nitro groups is 1. The van der Waals surface area contributed by atoms with E-state index in [0.29, 0.717) is 48.2 Å². The second-order valence-corrected chi connectivity index (χ2v) is 9.91. The van der Waals surface area contributed by atoms with E-state index in [1.54, 1.807) is 28.0 Å². The molecule has 1 amide bonds. The normalized spacial score (nSPS) is 16.2. The van der Waals surface area contributed by atoms with Crippen molar-refractivity contribution in [2.75, 3.05) is 44.1 Å². The largest absolute Gasteiger partial charge is 0.454 e. The molecule has 3 heterocycles. The first-order valence-electron chi connectivity index (χ1n) is 8.66. The first-order chi connectivity index (χ1) is 13.7. The van der Waals surface area contributed by atoms with E-state index < -0.39 is 14.8 Å². The van der Waals surface area contributed by atoms with Gasteiger partial charge in [-0.3, -0.25) is 14.9 Å². The molecule has 0 aliphatic carbocycles. The van der Waals surface area contributed by atoms with Gasteiger partial charge in [0, 0.05) is 44.1 Å². The molecule has 0 spiro atoms. The number of hydrogen-bond donors (Lipinski definition) is 0. The van der Waals surface area contributed by atoms with E-state index in [0.717, 1.165) is 23.7 Å². The summed E-state index contributed by atoms with van der Waals surface area (Å²) in [6.45, 7) is 1.56. The Labute approximate surface area is 170 Å². The molecule has 0 saturated carbocycles. The summed E-state index contributed by atoms with van der Waals surface area (Å²) < 4.78 is 34.1. The van der Waals surface area contributed by atoms with Crippen LogP contribution >= 0.6 is 11.3 Å². The Balaban J connectivity index is 1.49. The van der Waals surface area contributed by atoms with Crippen molar-refractivity contribution in [1.29, 1.82) is 0 Å². The number of ether oxygens (including phenoxy) is 2. The fraction of sp³-hybridized carbons (Fsp3) is 0.353. The second kappa shape index (κ2) is 7.19. The fourth-order valence-corrected chi connectivity index (χ4v) is 5.29. The SMILES string of the molecule is CS(=O)(=O)c1cc([N+](=O)[O-])c(N2CCN(C(=O)c3ccc4c(c3)OCO4)CC2)s1. The Morgan fingerprint density at radius 3 is 2.48 bits per heavy atom. The third kappa shape index (κ3) is 3.72. The number of fused-ring (bicyclic) bond motifs is 1. The van der Waals surface area contributed by atoms with Crippen molar-refractivity contribution >= 4 is 37.8 Å². The Hall–Kier alpha value is -2.86. The van der Waals surface area contributed by atoms with Gasteiger partial charge in [-0.05, 0) is 18.2 Å². The fourth-order valence-electron chi connectivity index (χ4n) is 3.22. The van der Waals surface area contributed by atoms with E-state index in [4.69, 9.17) is 9.47 Å². The van der Waals surface area contributed by atoms with Crippen LogP contribution in [0.1, 0.15) is 10.4 Å². The third-order valence-electron chi connectivity index (χ3n) is 4.71. The molecule has 0 radical (unpaired) electrons. The van der Waals surface area contributed by atoms with Crippen LogP contribution in [-0.4, -0.2) is 63.4 Å². The van der Waals surface area contributed by atoms with Crippen molar-refractivity contribution in [2.45, 2.75) is 4.21 Å². The lowest BCUT2D eigenvalue weighted by Gasteiger charge is -2.35. The predicted octanol–water partition coefficient (Wildman–Crippen LogP) is 1.75. The van der Waals surface area contributed by atoms with Crippen LogP contribution in [0.15, 0.2) is 28.5 Å². The van der Waals surface area contributed by atoms with Crippen molar-refractivity contribution in [3.05, 3.63) is 39.9 Å². The number of anilines is 1. The first-order valence-corrected chi connectivity index (χ1v) is 11.4. The van der Waals surface area contributed by atoms with Crippen molar-refractivity contribution in [3.8, 4) is 11.5 Å². The standard InChI is InChI=1S/C17H17N3O7S2/c1-29(24,25)15-9-12(20(22)23)17(28-15)19-6-4-18(5-7-19)16(21)11-2-3-13-14(8-11)27-10-26-13/h2-3,8-9H,4-7,10H2,1H3. The lowest BCUT2D eigenvalue weighted by Crippen LogP contribution is -2.48. The van der Waals surface area contributed by atoms with Crippen LogP contribution in [-0.2, 0) is 9.84 Å². The van der Waals surface area contributed by atoms with Gasteiger partial charge in [-0.2, -0.15) is 0 Å². The molecular formula is C17H17N3O7S2. The molecule has 4 rings (SSSR count). The Bertz CT molecular complexity index is 1090. The molecule has 154 valence electrons. The molecule has 1 aromatic heterocycles. The molecule has 2 aliphatic rings. The highest BCUT2D eigenvalue weighted by Crippen LogP contribution is 2.40. The number of nitrogens with zero attached hydrogens (tertiary/aromatic N) is 3.